The molecule has 0 unspecified atom stereocenters. The van der Waals surface area contributed by atoms with Crippen LogP contribution in [0.3, 0.4) is 0 Å². The maximum atomic E-state index is 14.6. The molecule has 3 aromatic rings. The van der Waals surface area contributed by atoms with E-state index in [2.05, 4.69) is 9.62 Å². The van der Waals surface area contributed by atoms with Crippen molar-refractivity contribution in [3.63, 3.8) is 0 Å². The number of sulfonamides is 1. The maximum absolute atomic E-state index is 14.6. The third-order valence-corrected chi connectivity index (χ3v) is 8.89. The number of hydrogen-bond acceptors (Lipinski definition) is 7. The van der Waals surface area contributed by atoms with Crippen LogP contribution in [0.4, 0.5) is 10.1 Å². The van der Waals surface area contributed by atoms with Crippen molar-refractivity contribution in [3.05, 3.63) is 83.7 Å². The van der Waals surface area contributed by atoms with E-state index < -0.39 is 10.0 Å². The molecule has 11 heteroatoms. The molecule has 0 bridgehead atoms. The van der Waals surface area contributed by atoms with Crippen LogP contribution in [0.25, 0.3) is 0 Å². The summed E-state index contributed by atoms with van der Waals surface area (Å²) in [6.07, 6.45) is -0.298. The van der Waals surface area contributed by atoms with Gasteiger partial charge in [0.1, 0.15) is 23.9 Å². The second-order valence-electron chi connectivity index (χ2n) is 10.6. The fraction of sp³-hybridized carbons (Fsp3) is 0.387. The Labute approximate surface area is 247 Å². The van der Waals surface area contributed by atoms with Crippen LogP contribution in [0.5, 0.6) is 11.5 Å². The van der Waals surface area contributed by atoms with Gasteiger partial charge in [-0.05, 0) is 49.2 Å². The first-order valence-electron chi connectivity index (χ1n) is 13.7. The van der Waals surface area contributed by atoms with E-state index in [1.165, 1.54) is 31.4 Å². The standard InChI is InChI=1S/C31H38FN3O6S/c1-21-17-35(18-23-9-6-7-12-28(23)32)22(2)20-41-29-14-13-24(15-27(29)31(36)34(3)19-30(21)40-5)33-42(37,38)26-11-8-10-25(16-26)39-4/h6-16,21-22,30,33H,17-20H2,1-5H3/t21-,22-,30-/m0/s1. The number of carbonyl (C=O) groups is 1. The van der Waals surface area contributed by atoms with Gasteiger partial charge in [0, 0.05) is 57.2 Å². The molecule has 226 valence electrons. The number of anilines is 1. The lowest BCUT2D eigenvalue weighted by atomic mass is 10.0. The summed E-state index contributed by atoms with van der Waals surface area (Å²) in [5.41, 5.74) is 0.998. The van der Waals surface area contributed by atoms with Crippen LogP contribution in [0.15, 0.2) is 71.6 Å². The SMILES string of the molecule is COc1cccc(S(=O)(=O)Nc2ccc3c(c2)C(=O)N(C)C[C@H](OC)[C@@H](C)CN(Cc2ccccc2F)[C@@H](C)CO3)c1. The molecule has 1 aliphatic rings. The molecule has 0 saturated carbocycles. The number of nitrogens with zero attached hydrogens (tertiary/aromatic N) is 2. The Balaban J connectivity index is 1.66. The van der Waals surface area contributed by atoms with E-state index in [9.17, 15) is 17.6 Å². The van der Waals surface area contributed by atoms with Gasteiger partial charge >= 0.3 is 0 Å². The molecule has 1 aliphatic heterocycles. The molecule has 9 nitrogen and oxygen atoms in total. The van der Waals surface area contributed by atoms with Crippen molar-refractivity contribution < 1.29 is 31.8 Å². The molecule has 1 heterocycles. The number of ether oxygens (including phenoxy) is 3. The van der Waals surface area contributed by atoms with Crippen LogP contribution in [0.2, 0.25) is 0 Å². The predicted octanol–water partition coefficient (Wildman–Crippen LogP) is 4.64. The summed E-state index contributed by atoms with van der Waals surface area (Å²) >= 11 is 0. The molecular formula is C31H38FN3O6S. The van der Waals surface area contributed by atoms with Crippen LogP contribution in [-0.2, 0) is 21.3 Å². The Kier molecular flexibility index (Phi) is 10.1. The molecule has 1 N–H and O–H groups in total. The molecule has 0 saturated heterocycles. The summed E-state index contributed by atoms with van der Waals surface area (Å²) in [6.45, 7) is 5.52. The number of nitrogens with one attached hydrogen (secondary N) is 1. The highest BCUT2D eigenvalue weighted by Crippen LogP contribution is 2.28. The normalized spacial score (nSPS) is 20.6. The van der Waals surface area contributed by atoms with Crippen LogP contribution in [-0.4, -0.2) is 77.2 Å². The number of amides is 1. The van der Waals surface area contributed by atoms with E-state index in [1.54, 1.807) is 55.5 Å². The summed E-state index contributed by atoms with van der Waals surface area (Å²) in [7, 11) is 0.772. The Bertz CT molecular complexity index is 1500. The van der Waals surface area contributed by atoms with E-state index in [0.717, 1.165) is 0 Å². The zero-order chi connectivity index (χ0) is 30.4. The van der Waals surface area contributed by atoms with Crippen LogP contribution in [0.1, 0.15) is 29.8 Å². The highest BCUT2D eigenvalue weighted by atomic mass is 32.2. The van der Waals surface area contributed by atoms with Crippen molar-refractivity contribution in [2.45, 2.75) is 37.4 Å². The van der Waals surface area contributed by atoms with Gasteiger partial charge in [-0.15, -0.1) is 0 Å². The van der Waals surface area contributed by atoms with Gasteiger partial charge in [0.15, 0.2) is 0 Å². The summed E-state index contributed by atoms with van der Waals surface area (Å²) in [5.74, 6) is 0.113. The lowest BCUT2D eigenvalue weighted by Gasteiger charge is -2.36. The monoisotopic (exact) mass is 599 g/mol. The van der Waals surface area contributed by atoms with Crippen LogP contribution >= 0.6 is 0 Å². The highest BCUT2D eigenvalue weighted by Gasteiger charge is 2.29. The Morgan fingerprint density at radius 3 is 2.50 bits per heavy atom. The van der Waals surface area contributed by atoms with Crippen molar-refractivity contribution in [2.24, 2.45) is 5.92 Å². The molecule has 3 aromatic carbocycles. The first kappa shape index (κ1) is 31.3. The summed E-state index contributed by atoms with van der Waals surface area (Å²) < 4.78 is 60.5. The zero-order valence-electron chi connectivity index (χ0n) is 24.5. The lowest BCUT2D eigenvalue weighted by Crippen LogP contribution is -2.46. The maximum Gasteiger partial charge on any atom is 0.262 e. The zero-order valence-corrected chi connectivity index (χ0v) is 25.4. The smallest absolute Gasteiger partial charge is 0.262 e. The summed E-state index contributed by atoms with van der Waals surface area (Å²) in [5, 5.41) is 0. The number of likely N-dealkylation sites (N-methyl/N-ethyl adjacent to an activating group) is 1. The summed E-state index contributed by atoms with van der Waals surface area (Å²) in [6, 6.07) is 17.3. The van der Waals surface area contributed by atoms with E-state index in [1.807, 2.05) is 19.9 Å². The minimum absolute atomic E-state index is 0.000576. The number of hydrogen-bond donors (Lipinski definition) is 1. The number of rotatable bonds is 7. The van der Waals surface area contributed by atoms with Gasteiger partial charge in [-0.25, -0.2) is 12.8 Å². The van der Waals surface area contributed by atoms with Crippen LogP contribution < -0.4 is 14.2 Å². The van der Waals surface area contributed by atoms with Gasteiger partial charge in [0.05, 0.1) is 23.7 Å². The van der Waals surface area contributed by atoms with Crippen molar-refractivity contribution in [2.75, 3.05) is 45.7 Å². The van der Waals surface area contributed by atoms with Gasteiger partial charge in [0.25, 0.3) is 15.9 Å². The average molecular weight is 600 g/mol. The van der Waals surface area contributed by atoms with Gasteiger partial charge in [-0.1, -0.05) is 31.2 Å². The third-order valence-electron chi connectivity index (χ3n) is 7.51. The van der Waals surface area contributed by atoms with Gasteiger partial charge in [-0.2, -0.15) is 0 Å². The third kappa shape index (κ3) is 7.39. The Morgan fingerprint density at radius 1 is 1.02 bits per heavy atom. The van der Waals surface area contributed by atoms with Crippen molar-refractivity contribution in [3.8, 4) is 11.5 Å². The molecule has 3 atom stereocenters. The van der Waals surface area contributed by atoms with Crippen molar-refractivity contribution in [1.29, 1.82) is 0 Å². The molecule has 0 fully saturated rings. The number of methoxy groups -OCH3 is 2. The van der Waals surface area contributed by atoms with Crippen molar-refractivity contribution >= 4 is 21.6 Å². The fourth-order valence-electron chi connectivity index (χ4n) is 4.96. The minimum atomic E-state index is -3.97. The van der Waals surface area contributed by atoms with E-state index in [-0.39, 0.29) is 59.1 Å². The number of halogens is 1. The first-order valence-corrected chi connectivity index (χ1v) is 15.2. The number of fused-ring (bicyclic) bond motifs is 1. The van der Waals surface area contributed by atoms with Gasteiger partial charge in [-0.3, -0.25) is 14.4 Å². The molecule has 0 spiro atoms. The number of carbonyl (C=O) groups excluding carboxylic acids is 1. The molecule has 42 heavy (non-hydrogen) atoms. The molecule has 4 rings (SSSR count). The quantitative estimate of drug-likeness (QED) is 0.423. The van der Waals surface area contributed by atoms with Crippen molar-refractivity contribution in [1.82, 2.24) is 9.80 Å². The average Bonchev–Trinajstić information content (AvgIpc) is 2.98. The second kappa shape index (κ2) is 13.5. The first-order chi connectivity index (χ1) is 20.0. The molecular weight excluding hydrogens is 561 g/mol. The largest absolute Gasteiger partial charge is 0.497 e. The number of benzene rings is 3. The van der Waals surface area contributed by atoms with Gasteiger partial charge in [0.2, 0.25) is 0 Å². The van der Waals surface area contributed by atoms with E-state index in [4.69, 9.17) is 14.2 Å². The second-order valence-corrected chi connectivity index (χ2v) is 12.3. The molecule has 0 aliphatic carbocycles. The Hall–Kier alpha value is -3.67. The fourth-order valence-corrected chi connectivity index (χ4v) is 6.05. The van der Waals surface area contributed by atoms with Gasteiger partial charge < -0.3 is 19.1 Å². The highest BCUT2D eigenvalue weighted by molar-refractivity contribution is 7.92. The molecule has 1 amide bonds. The van der Waals surface area contributed by atoms with Crippen LogP contribution in [0, 0.1) is 11.7 Å². The minimum Gasteiger partial charge on any atom is -0.497 e. The van der Waals surface area contributed by atoms with E-state index >= 15 is 0 Å². The molecule has 0 radical (unpaired) electrons. The molecule has 0 aromatic heterocycles. The topological polar surface area (TPSA) is 97.4 Å². The predicted molar refractivity (Wildman–Crippen MR) is 159 cm³/mol. The summed E-state index contributed by atoms with van der Waals surface area (Å²) in [4.78, 5) is 17.4. The Morgan fingerprint density at radius 2 is 1.79 bits per heavy atom. The van der Waals surface area contributed by atoms with E-state index in [0.29, 0.717) is 30.2 Å². The lowest BCUT2D eigenvalue weighted by molar-refractivity contribution is 0.00904.